The summed E-state index contributed by atoms with van der Waals surface area (Å²) < 4.78 is 0. The van der Waals surface area contributed by atoms with Gasteiger partial charge in [0.2, 0.25) is 0 Å². The summed E-state index contributed by atoms with van der Waals surface area (Å²) in [6.45, 7) is 0.849. The Morgan fingerprint density at radius 3 is 2.54 bits per heavy atom. The van der Waals surface area contributed by atoms with Crippen LogP contribution in [0.15, 0.2) is 12.1 Å². The summed E-state index contributed by atoms with van der Waals surface area (Å²) >= 11 is 0. The lowest BCUT2D eigenvalue weighted by Crippen LogP contribution is -2.56. The fraction of sp³-hybridized carbons (Fsp3) is 0.714. The molecule has 0 aromatic heterocycles. The second-order valence-corrected chi connectivity index (χ2v) is 9.47. The lowest BCUT2D eigenvalue weighted by molar-refractivity contribution is -0.120. The van der Waals surface area contributed by atoms with Crippen molar-refractivity contribution in [3.05, 3.63) is 23.3 Å². The van der Waals surface area contributed by atoms with E-state index in [1.807, 2.05) is 0 Å². The van der Waals surface area contributed by atoms with Crippen LogP contribution >= 0.6 is 0 Å². The Labute approximate surface area is 144 Å². The van der Waals surface area contributed by atoms with Gasteiger partial charge in [-0.25, -0.2) is 0 Å². The highest BCUT2D eigenvalue weighted by atomic mass is 16.3. The summed E-state index contributed by atoms with van der Waals surface area (Å²) in [5.41, 5.74) is 9.40. The molecule has 6 rings (SSSR count). The molecule has 4 saturated carbocycles. The van der Waals surface area contributed by atoms with Gasteiger partial charge in [0.05, 0.1) is 0 Å². The van der Waals surface area contributed by atoms with Crippen molar-refractivity contribution >= 4 is 0 Å². The summed E-state index contributed by atoms with van der Waals surface area (Å²) in [6.07, 6.45) is 11.4. The molecule has 4 fully saturated rings. The highest BCUT2D eigenvalue weighted by Gasteiger charge is 2.59. The minimum Gasteiger partial charge on any atom is -0.504 e. The Morgan fingerprint density at radius 1 is 1.08 bits per heavy atom. The molecule has 3 heteroatoms. The molecule has 4 bridgehead atoms. The van der Waals surface area contributed by atoms with Gasteiger partial charge in [0.1, 0.15) is 0 Å². The molecule has 3 unspecified atom stereocenters. The highest BCUT2D eigenvalue weighted by molar-refractivity contribution is 5.51. The molecule has 130 valence electrons. The Bertz CT molecular complexity index is 669. The van der Waals surface area contributed by atoms with Gasteiger partial charge in [-0.1, -0.05) is 6.07 Å². The summed E-state index contributed by atoms with van der Waals surface area (Å²) in [5.74, 6) is 2.45. The van der Waals surface area contributed by atoms with Crippen LogP contribution < -0.4 is 5.73 Å². The molecule has 1 aromatic rings. The molecule has 24 heavy (non-hydrogen) atoms. The molecule has 1 aromatic carbocycles. The highest BCUT2D eigenvalue weighted by Crippen LogP contribution is 2.70. The van der Waals surface area contributed by atoms with Crippen molar-refractivity contribution in [2.24, 2.45) is 28.4 Å². The quantitative estimate of drug-likeness (QED) is 0.718. The van der Waals surface area contributed by atoms with Gasteiger partial charge in [0.15, 0.2) is 11.5 Å². The van der Waals surface area contributed by atoms with Crippen LogP contribution in [0.1, 0.15) is 68.4 Å². The number of aromatic hydroxyl groups is 2. The molecule has 5 aliphatic carbocycles. The molecule has 4 N–H and O–H groups in total. The number of benzene rings is 1. The topological polar surface area (TPSA) is 66.5 Å². The van der Waals surface area contributed by atoms with Crippen molar-refractivity contribution in [2.75, 3.05) is 6.54 Å². The van der Waals surface area contributed by atoms with E-state index < -0.39 is 0 Å². The van der Waals surface area contributed by atoms with E-state index in [9.17, 15) is 10.2 Å². The molecule has 0 radical (unpaired) electrons. The third-order valence-electron chi connectivity index (χ3n) is 7.99. The monoisotopic (exact) mass is 327 g/mol. The van der Waals surface area contributed by atoms with Gasteiger partial charge >= 0.3 is 0 Å². The van der Waals surface area contributed by atoms with Gasteiger partial charge in [-0.15, -0.1) is 0 Å². The van der Waals surface area contributed by atoms with Gasteiger partial charge in [-0.05, 0) is 105 Å². The number of fused-ring (bicyclic) bond motifs is 1. The maximum absolute atomic E-state index is 10.4. The van der Waals surface area contributed by atoms with Crippen molar-refractivity contribution in [1.29, 1.82) is 0 Å². The van der Waals surface area contributed by atoms with Gasteiger partial charge in [0, 0.05) is 5.56 Å². The van der Waals surface area contributed by atoms with Crippen molar-refractivity contribution in [2.45, 2.75) is 63.7 Å². The van der Waals surface area contributed by atoms with E-state index in [1.165, 1.54) is 50.5 Å². The van der Waals surface area contributed by atoms with Gasteiger partial charge < -0.3 is 15.9 Å². The van der Waals surface area contributed by atoms with E-state index in [0.717, 1.165) is 36.8 Å². The first-order chi connectivity index (χ1) is 11.5. The van der Waals surface area contributed by atoms with Crippen LogP contribution in [0.2, 0.25) is 0 Å². The molecule has 3 atom stereocenters. The predicted molar refractivity (Wildman–Crippen MR) is 94.1 cm³/mol. The maximum atomic E-state index is 10.4. The smallest absolute Gasteiger partial charge is 0.160 e. The van der Waals surface area contributed by atoms with Gasteiger partial charge in [-0.2, -0.15) is 0 Å². The maximum Gasteiger partial charge on any atom is 0.160 e. The average molecular weight is 327 g/mol. The average Bonchev–Trinajstić information content (AvgIpc) is 2.57. The Kier molecular flexibility index (Phi) is 3.08. The first-order valence-electron chi connectivity index (χ1n) is 9.78. The van der Waals surface area contributed by atoms with Crippen LogP contribution in [0.5, 0.6) is 11.5 Å². The molecular weight excluding hydrogens is 298 g/mol. The normalized spacial score (nSPS) is 43.0. The van der Waals surface area contributed by atoms with Crippen LogP contribution in [-0.4, -0.2) is 16.8 Å². The SMILES string of the molecule is NCC12CC3CC(C1)CC(C1CCCc4c1ccc(O)c4O)(C3)C2. The van der Waals surface area contributed by atoms with E-state index in [4.69, 9.17) is 5.73 Å². The summed E-state index contributed by atoms with van der Waals surface area (Å²) in [5, 5.41) is 20.3. The lowest BCUT2D eigenvalue weighted by Gasteiger charge is -2.65. The fourth-order valence-corrected chi connectivity index (χ4v) is 7.68. The van der Waals surface area contributed by atoms with Crippen LogP contribution in [-0.2, 0) is 6.42 Å². The summed E-state index contributed by atoms with van der Waals surface area (Å²) in [6, 6.07) is 3.80. The van der Waals surface area contributed by atoms with Crippen LogP contribution in [0.4, 0.5) is 0 Å². The minimum atomic E-state index is 0.0401. The molecule has 0 spiro atoms. The van der Waals surface area contributed by atoms with Crippen molar-refractivity contribution in [1.82, 2.24) is 0 Å². The third kappa shape index (κ3) is 1.94. The Hall–Kier alpha value is -1.22. The second kappa shape index (κ2) is 4.91. The van der Waals surface area contributed by atoms with E-state index in [0.29, 0.717) is 16.7 Å². The number of nitrogens with two attached hydrogens (primary N) is 1. The van der Waals surface area contributed by atoms with E-state index in [1.54, 1.807) is 6.07 Å². The Morgan fingerprint density at radius 2 is 1.83 bits per heavy atom. The van der Waals surface area contributed by atoms with Crippen molar-refractivity contribution in [3.8, 4) is 11.5 Å². The number of rotatable bonds is 2. The molecule has 0 saturated heterocycles. The zero-order chi connectivity index (χ0) is 16.5. The van der Waals surface area contributed by atoms with Gasteiger partial charge in [-0.3, -0.25) is 0 Å². The van der Waals surface area contributed by atoms with E-state index in [2.05, 4.69) is 6.07 Å². The number of hydrogen-bond donors (Lipinski definition) is 3. The second-order valence-electron chi connectivity index (χ2n) is 9.47. The van der Waals surface area contributed by atoms with E-state index in [-0.39, 0.29) is 11.5 Å². The van der Waals surface area contributed by atoms with Crippen molar-refractivity contribution < 1.29 is 10.2 Å². The number of hydrogen-bond acceptors (Lipinski definition) is 3. The number of phenols is 2. The molecule has 0 aliphatic heterocycles. The van der Waals surface area contributed by atoms with Gasteiger partial charge in [0.25, 0.3) is 0 Å². The predicted octanol–water partition coefficient (Wildman–Crippen LogP) is 4.06. The van der Waals surface area contributed by atoms with E-state index >= 15 is 0 Å². The minimum absolute atomic E-state index is 0.0401. The summed E-state index contributed by atoms with van der Waals surface area (Å²) in [7, 11) is 0. The molecule has 0 amide bonds. The lowest BCUT2D eigenvalue weighted by atomic mass is 9.40. The Balaban J connectivity index is 1.59. The first kappa shape index (κ1) is 15.1. The zero-order valence-corrected chi connectivity index (χ0v) is 14.4. The third-order valence-corrected chi connectivity index (χ3v) is 7.99. The zero-order valence-electron chi connectivity index (χ0n) is 14.4. The first-order valence-corrected chi connectivity index (χ1v) is 9.78. The summed E-state index contributed by atoms with van der Waals surface area (Å²) in [4.78, 5) is 0. The largest absolute Gasteiger partial charge is 0.504 e. The van der Waals surface area contributed by atoms with Crippen LogP contribution in [0, 0.1) is 22.7 Å². The molecule has 5 aliphatic rings. The molecule has 0 heterocycles. The van der Waals surface area contributed by atoms with Crippen LogP contribution in [0.25, 0.3) is 0 Å². The fourth-order valence-electron chi connectivity index (χ4n) is 7.68. The molecular formula is C21H29NO2. The standard InChI is InChI=1S/C21H29NO2/c22-12-20-7-13-6-14(8-20)10-21(9-13,11-20)17-3-1-2-16-15(17)4-5-18(23)19(16)24/h4-5,13-14,17,23-24H,1-3,6-12,22H2. The number of phenolic OH excluding ortho intramolecular Hbond substituents is 2. The molecule has 3 nitrogen and oxygen atoms in total. The van der Waals surface area contributed by atoms with Crippen LogP contribution in [0.3, 0.4) is 0 Å². The van der Waals surface area contributed by atoms with Crippen molar-refractivity contribution in [3.63, 3.8) is 0 Å².